The molecule has 21 heavy (non-hydrogen) atoms. The van der Waals surface area contributed by atoms with Crippen LogP contribution in [0.5, 0.6) is 5.75 Å². The van der Waals surface area contributed by atoms with Gasteiger partial charge in [-0.3, -0.25) is 14.9 Å². The first-order valence-electron chi connectivity index (χ1n) is 6.50. The van der Waals surface area contributed by atoms with Gasteiger partial charge in [-0.2, -0.15) is 0 Å². The minimum Gasteiger partial charge on any atom is -0.479 e. The van der Waals surface area contributed by atoms with Gasteiger partial charge in [-0.1, -0.05) is 42.5 Å². The van der Waals surface area contributed by atoms with Crippen molar-refractivity contribution in [3.63, 3.8) is 0 Å². The van der Waals surface area contributed by atoms with Crippen molar-refractivity contribution in [3.8, 4) is 5.75 Å². The molecular formula is C16H15NO4. The van der Waals surface area contributed by atoms with Crippen LogP contribution in [-0.4, -0.2) is 17.3 Å². The molecule has 0 atom stereocenters. The van der Waals surface area contributed by atoms with Crippen LogP contribution in [0.3, 0.4) is 0 Å². The minimum absolute atomic E-state index is 0.0926. The molecule has 0 N–H and O–H groups in total. The Hall–Kier alpha value is -2.69. The summed E-state index contributed by atoms with van der Waals surface area (Å²) in [4.78, 5) is 22.4. The first-order chi connectivity index (χ1) is 10.1. The van der Waals surface area contributed by atoms with Gasteiger partial charge in [0.25, 0.3) is 0 Å². The Morgan fingerprint density at radius 3 is 2.52 bits per heavy atom. The first-order valence-corrected chi connectivity index (χ1v) is 6.50. The highest BCUT2D eigenvalue weighted by Gasteiger charge is 2.18. The Labute approximate surface area is 122 Å². The number of aryl methyl sites for hydroxylation is 1. The molecule has 0 saturated heterocycles. The van der Waals surface area contributed by atoms with Crippen molar-refractivity contribution in [2.24, 2.45) is 0 Å². The summed E-state index contributed by atoms with van der Waals surface area (Å²) in [7, 11) is 0. The fourth-order valence-corrected chi connectivity index (χ4v) is 2.02. The molecule has 0 aliphatic rings. The van der Waals surface area contributed by atoms with E-state index in [4.69, 9.17) is 4.74 Å². The fraction of sp³-hybridized carbons (Fsp3) is 0.188. The number of Topliss-reactive ketones (excluding diaryl/α,β-unsaturated/α-hetero) is 1. The van der Waals surface area contributed by atoms with Crippen LogP contribution in [0.25, 0.3) is 0 Å². The van der Waals surface area contributed by atoms with E-state index in [1.54, 1.807) is 19.1 Å². The zero-order valence-corrected chi connectivity index (χ0v) is 11.6. The van der Waals surface area contributed by atoms with Crippen LogP contribution in [0.1, 0.15) is 11.1 Å². The highest BCUT2D eigenvalue weighted by molar-refractivity contribution is 5.82. The molecule has 0 heterocycles. The summed E-state index contributed by atoms with van der Waals surface area (Å²) < 4.78 is 5.32. The van der Waals surface area contributed by atoms with E-state index in [-0.39, 0.29) is 30.2 Å². The number of rotatable bonds is 6. The Bertz CT molecular complexity index is 653. The summed E-state index contributed by atoms with van der Waals surface area (Å²) >= 11 is 0. The van der Waals surface area contributed by atoms with Gasteiger partial charge in [0.1, 0.15) is 6.61 Å². The van der Waals surface area contributed by atoms with Gasteiger partial charge in [0.05, 0.1) is 4.92 Å². The standard InChI is InChI=1S/C16H15NO4/c1-12-6-5-9-15(16(12)17(19)20)21-11-14(18)10-13-7-3-2-4-8-13/h2-9H,10-11H2,1H3. The maximum atomic E-state index is 11.9. The van der Waals surface area contributed by atoms with E-state index < -0.39 is 4.92 Å². The number of para-hydroxylation sites is 1. The lowest BCUT2D eigenvalue weighted by Gasteiger charge is -2.07. The second-order valence-corrected chi connectivity index (χ2v) is 4.67. The largest absolute Gasteiger partial charge is 0.479 e. The van der Waals surface area contributed by atoms with Gasteiger partial charge in [0.15, 0.2) is 11.5 Å². The van der Waals surface area contributed by atoms with Gasteiger partial charge >= 0.3 is 5.69 Å². The Morgan fingerprint density at radius 2 is 1.86 bits per heavy atom. The molecule has 0 saturated carbocycles. The van der Waals surface area contributed by atoms with Crippen LogP contribution in [0.15, 0.2) is 48.5 Å². The van der Waals surface area contributed by atoms with Crippen molar-refractivity contribution in [1.29, 1.82) is 0 Å². The summed E-state index contributed by atoms with van der Waals surface area (Å²) in [6, 6.07) is 14.1. The second-order valence-electron chi connectivity index (χ2n) is 4.67. The second kappa shape index (κ2) is 6.65. The Balaban J connectivity index is 2.02. The summed E-state index contributed by atoms with van der Waals surface area (Å²) in [5.74, 6) is -0.00147. The van der Waals surface area contributed by atoms with Gasteiger partial charge in [-0.15, -0.1) is 0 Å². The lowest BCUT2D eigenvalue weighted by Crippen LogP contribution is -2.14. The summed E-state index contributed by atoms with van der Waals surface area (Å²) in [5.41, 5.74) is 1.31. The minimum atomic E-state index is -0.494. The molecule has 5 heteroatoms. The molecule has 0 aliphatic heterocycles. The SMILES string of the molecule is Cc1cccc(OCC(=O)Cc2ccccc2)c1[N+](=O)[O-]. The number of carbonyl (C=O) groups excluding carboxylic acids is 1. The number of hydrogen-bond acceptors (Lipinski definition) is 4. The lowest BCUT2D eigenvalue weighted by atomic mass is 10.1. The lowest BCUT2D eigenvalue weighted by molar-refractivity contribution is -0.386. The molecule has 2 rings (SSSR count). The summed E-state index contributed by atoms with van der Waals surface area (Å²) in [5, 5.41) is 11.0. The zero-order valence-electron chi connectivity index (χ0n) is 11.6. The fourth-order valence-electron chi connectivity index (χ4n) is 2.02. The smallest absolute Gasteiger partial charge is 0.313 e. The van der Waals surface area contributed by atoms with Crippen LogP contribution in [-0.2, 0) is 11.2 Å². The van der Waals surface area contributed by atoms with E-state index in [0.717, 1.165) is 5.56 Å². The molecule has 0 radical (unpaired) electrons. The third kappa shape index (κ3) is 3.89. The molecule has 0 amide bonds. The zero-order chi connectivity index (χ0) is 15.2. The predicted octanol–water partition coefficient (Wildman–Crippen LogP) is 3.09. The van der Waals surface area contributed by atoms with Crippen LogP contribution >= 0.6 is 0 Å². The monoisotopic (exact) mass is 285 g/mol. The molecule has 0 aliphatic carbocycles. The number of nitro groups is 1. The van der Waals surface area contributed by atoms with Crippen LogP contribution in [0, 0.1) is 17.0 Å². The normalized spacial score (nSPS) is 10.1. The van der Waals surface area contributed by atoms with E-state index >= 15 is 0 Å². The van der Waals surface area contributed by atoms with E-state index in [1.807, 2.05) is 30.3 Å². The number of ketones is 1. The van der Waals surface area contributed by atoms with Crippen molar-refractivity contribution in [1.82, 2.24) is 0 Å². The number of carbonyl (C=O) groups is 1. The Morgan fingerprint density at radius 1 is 1.14 bits per heavy atom. The van der Waals surface area contributed by atoms with Crippen LogP contribution in [0.2, 0.25) is 0 Å². The van der Waals surface area contributed by atoms with Gasteiger partial charge in [0, 0.05) is 12.0 Å². The van der Waals surface area contributed by atoms with Crippen molar-refractivity contribution >= 4 is 11.5 Å². The summed E-state index contributed by atoms with van der Waals surface area (Å²) in [6.07, 6.45) is 0.250. The molecule has 2 aromatic rings. The topological polar surface area (TPSA) is 69.4 Å². The molecule has 5 nitrogen and oxygen atoms in total. The quantitative estimate of drug-likeness (QED) is 0.604. The molecule has 108 valence electrons. The molecule has 0 fully saturated rings. The average molecular weight is 285 g/mol. The van der Waals surface area contributed by atoms with Gasteiger partial charge < -0.3 is 4.74 Å². The van der Waals surface area contributed by atoms with Crippen molar-refractivity contribution in [2.45, 2.75) is 13.3 Å². The third-order valence-electron chi connectivity index (χ3n) is 3.02. The van der Waals surface area contributed by atoms with E-state index in [2.05, 4.69) is 0 Å². The number of hydrogen-bond donors (Lipinski definition) is 0. The number of nitro benzene ring substituents is 1. The molecule has 0 bridgehead atoms. The maximum absolute atomic E-state index is 11.9. The van der Waals surface area contributed by atoms with Gasteiger partial charge in [-0.05, 0) is 18.6 Å². The van der Waals surface area contributed by atoms with Crippen molar-refractivity contribution in [2.75, 3.05) is 6.61 Å². The highest BCUT2D eigenvalue weighted by Crippen LogP contribution is 2.30. The van der Waals surface area contributed by atoms with E-state index in [1.165, 1.54) is 6.07 Å². The molecule has 0 spiro atoms. The molecule has 0 aromatic heterocycles. The molecular weight excluding hydrogens is 270 g/mol. The van der Waals surface area contributed by atoms with Crippen LogP contribution < -0.4 is 4.74 Å². The Kier molecular flexibility index (Phi) is 4.66. The van der Waals surface area contributed by atoms with Crippen LogP contribution in [0.4, 0.5) is 5.69 Å². The third-order valence-corrected chi connectivity index (χ3v) is 3.02. The molecule has 2 aromatic carbocycles. The van der Waals surface area contributed by atoms with Crippen molar-refractivity contribution < 1.29 is 14.5 Å². The summed E-state index contributed by atoms with van der Waals surface area (Å²) in [6.45, 7) is 1.45. The predicted molar refractivity (Wildman–Crippen MR) is 78.5 cm³/mol. The van der Waals surface area contributed by atoms with E-state index in [9.17, 15) is 14.9 Å². The van der Waals surface area contributed by atoms with Gasteiger partial charge in [0.2, 0.25) is 0 Å². The first kappa shape index (κ1) is 14.7. The maximum Gasteiger partial charge on any atom is 0.313 e. The number of ether oxygens (including phenoxy) is 1. The van der Waals surface area contributed by atoms with Crippen molar-refractivity contribution in [3.05, 3.63) is 69.8 Å². The number of benzene rings is 2. The average Bonchev–Trinajstić information content (AvgIpc) is 2.45. The van der Waals surface area contributed by atoms with Gasteiger partial charge in [-0.25, -0.2) is 0 Å². The number of nitrogens with zero attached hydrogens (tertiary/aromatic N) is 1. The molecule has 0 unspecified atom stereocenters. The van der Waals surface area contributed by atoms with E-state index in [0.29, 0.717) is 5.56 Å². The highest BCUT2D eigenvalue weighted by atomic mass is 16.6.